The Morgan fingerprint density at radius 1 is 1.26 bits per heavy atom. The number of aromatic nitrogens is 2. The fraction of sp³-hybridized carbons (Fsp3) is 0.522. The lowest BCUT2D eigenvalue weighted by Gasteiger charge is -2.23. The van der Waals surface area contributed by atoms with Gasteiger partial charge in [0.25, 0.3) is 0 Å². The number of aryl methyl sites for hydroxylation is 1. The number of amides is 1. The van der Waals surface area contributed by atoms with Gasteiger partial charge in [-0.05, 0) is 53.2 Å². The number of hydrogen-bond donors (Lipinski definition) is 2. The van der Waals surface area contributed by atoms with Crippen LogP contribution in [0.1, 0.15) is 44.1 Å². The van der Waals surface area contributed by atoms with Crippen molar-refractivity contribution in [1.82, 2.24) is 25.3 Å². The van der Waals surface area contributed by atoms with Gasteiger partial charge in [-0.3, -0.25) is 4.99 Å². The van der Waals surface area contributed by atoms with Gasteiger partial charge in [0.2, 0.25) is 0 Å². The summed E-state index contributed by atoms with van der Waals surface area (Å²) < 4.78 is 7.35. The molecular weight excluding hydrogens is 392 g/mol. The third kappa shape index (κ3) is 5.77. The van der Waals surface area contributed by atoms with E-state index in [4.69, 9.17) is 9.84 Å². The maximum absolute atomic E-state index is 12.1. The van der Waals surface area contributed by atoms with Crippen LogP contribution in [-0.4, -0.2) is 58.5 Å². The van der Waals surface area contributed by atoms with E-state index in [1.165, 1.54) is 0 Å². The SMILES string of the molecule is CN=C(NCc1c(C)nn(-c2ccccc2)c1C)N1CCC(NC(=O)OC(C)(C)C)C1. The summed E-state index contributed by atoms with van der Waals surface area (Å²) in [5.41, 5.74) is 3.81. The molecule has 0 radical (unpaired) electrons. The van der Waals surface area contributed by atoms with Gasteiger partial charge in [0.1, 0.15) is 5.60 Å². The molecule has 31 heavy (non-hydrogen) atoms. The Kier molecular flexibility index (Phi) is 6.87. The molecule has 1 saturated heterocycles. The van der Waals surface area contributed by atoms with E-state index >= 15 is 0 Å². The zero-order valence-corrected chi connectivity index (χ0v) is 19.4. The molecule has 1 aromatic heterocycles. The molecule has 1 aliphatic heterocycles. The van der Waals surface area contributed by atoms with E-state index in [2.05, 4.69) is 39.6 Å². The van der Waals surface area contributed by atoms with Crippen molar-refractivity contribution in [2.24, 2.45) is 4.99 Å². The molecule has 1 unspecified atom stereocenters. The van der Waals surface area contributed by atoms with Crippen LogP contribution in [0.25, 0.3) is 5.69 Å². The summed E-state index contributed by atoms with van der Waals surface area (Å²) in [6.07, 6.45) is 0.478. The molecule has 0 saturated carbocycles. The maximum atomic E-state index is 12.1. The van der Waals surface area contributed by atoms with Crippen LogP contribution in [0.2, 0.25) is 0 Å². The largest absolute Gasteiger partial charge is 0.444 e. The van der Waals surface area contributed by atoms with Gasteiger partial charge in [-0.25, -0.2) is 9.48 Å². The predicted molar refractivity (Wildman–Crippen MR) is 123 cm³/mol. The quantitative estimate of drug-likeness (QED) is 0.580. The molecule has 8 nitrogen and oxygen atoms in total. The molecule has 2 N–H and O–H groups in total. The molecule has 1 fully saturated rings. The molecule has 1 aliphatic rings. The molecule has 8 heteroatoms. The van der Waals surface area contributed by atoms with E-state index in [9.17, 15) is 4.79 Å². The van der Waals surface area contributed by atoms with Crippen LogP contribution in [0.15, 0.2) is 35.3 Å². The number of rotatable bonds is 4. The van der Waals surface area contributed by atoms with Crippen molar-refractivity contribution in [3.63, 3.8) is 0 Å². The van der Waals surface area contributed by atoms with Crippen molar-refractivity contribution in [3.05, 3.63) is 47.3 Å². The molecule has 168 valence electrons. The minimum Gasteiger partial charge on any atom is -0.444 e. The molecular formula is C23H34N6O2. The van der Waals surface area contributed by atoms with Crippen LogP contribution in [0.4, 0.5) is 4.79 Å². The number of para-hydroxylation sites is 1. The van der Waals surface area contributed by atoms with E-state index in [0.717, 1.165) is 41.6 Å². The number of benzene rings is 1. The fourth-order valence-corrected chi connectivity index (χ4v) is 3.80. The second-order valence-corrected chi connectivity index (χ2v) is 8.88. The highest BCUT2D eigenvalue weighted by molar-refractivity contribution is 5.80. The summed E-state index contributed by atoms with van der Waals surface area (Å²) in [6, 6.07) is 10.2. The topological polar surface area (TPSA) is 83.8 Å². The highest BCUT2D eigenvalue weighted by Gasteiger charge is 2.28. The molecule has 1 aromatic carbocycles. The standard InChI is InChI=1S/C23H34N6O2/c1-16-20(17(2)29(27-16)19-10-8-7-9-11-19)14-25-21(24-6)28-13-12-18(15-28)26-22(30)31-23(3,4)5/h7-11,18H,12-15H2,1-6H3,(H,24,25)(H,26,30). The lowest BCUT2D eigenvalue weighted by molar-refractivity contribution is 0.0507. The number of alkyl carbamates (subject to hydrolysis) is 1. The van der Waals surface area contributed by atoms with Crippen LogP contribution in [0.5, 0.6) is 0 Å². The predicted octanol–water partition coefficient (Wildman–Crippen LogP) is 3.16. The van der Waals surface area contributed by atoms with Crippen LogP contribution in [0.3, 0.4) is 0 Å². The molecule has 3 rings (SSSR count). The third-order valence-electron chi connectivity index (χ3n) is 5.29. The zero-order chi connectivity index (χ0) is 22.6. The van der Waals surface area contributed by atoms with Gasteiger partial charge in [-0.2, -0.15) is 5.10 Å². The molecule has 2 heterocycles. The second kappa shape index (κ2) is 9.41. The van der Waals surface area contributed by atoms with Crippen molar-refractivity contribution in [3.8, 4) is 5.69 Å². The van der Waals surface area contributed by atoms with Crippen molar-refractivity contribution in [1.29, 1.82) is 0 Å². The van der Waals surface area contributed by atoms with Gasteiger partial charge in [0, 0.05) is 37.9 Å². The number of carbonyl (C=O) groups is 1. The van der Waals surface area contributed by atoms with Gasteiger partial charge in [0.15, 0.2) is 5.96 Å². The summed E-state index contributed by atoms with van der Waals surface area (Å²) in [6.45, 7) is 11.9. The Bertz CT molecular complexity index is 930. The number of nitrogens with zero attached hydrogens (tertiary/aromatic N) is 4. The normalized spacial score (nSPS) is 17.0. The van der Waals surface area contributed by atoms with Crippen LogP contribution in [0, 0.1) is 13.8 Å². The Morgan fingerprint density at radius 2 is 1.97 bits per heavy atom. The number of hydrogen-bond acceptors (Lipinski definition) is 4. The van der Waals surface area contributed by atoms with Gasteiger partial charge in [0.05, 0.1) is 17.4 Å². The van der Waals surface area contributed by atoms with Gasteiger partial charge in [-0.15, -0.1) is 0 Å². The first kappa shape index (κ1) is 22.7. The molecule has 0 aliphatic carbocycles. The minimum absolute atomic E-state index is 0.0395. The van der Waals surface area contributed by atoms with E-state index in [1.54, 1.807) is 7.05 Å². The second-order valence-electron chi connectivity index (χ2n) is 8.88. The molecule has 0 bridgehead atoms. The van der Waals surface area contributed by atoms with Crippen molar-refractivity contribution in [2.75, 3.05) is 20.1 Å². The summed E-state index contributed by atoms with van der Waals surface area (Å²) >= 11 is 0. The average Bonchev–Trinajstić information content (AvgIpc) is 3.26. The number of likely N-dealkylation sites (tertiary alicyclic amines) is 1. The number of ether oxygens (including phenoxy) is 1. The number of nitrogens with one attached hydrogen (secondary N) is 2. The van der Waals surface area contributed by atoms with Gasteiger partial charge in [-0.1, -0.05) is 18.2 Å². The first-order chi connectivity index (χ1) is 14.7. The zero-order valence-electron chi connectivity index (χ0n) is 19.4. The summed E-state index contributed by atoms with van der Waals surface area (Å²) in [5.74, 6) is 0.819. The van der Waals surface area contributed by atoms with Crippen LogP contribution in [-0.2, 0) is 11.3 Å². The summed E-state index contributed by atoms with van der Waals surface area (Å²) in [7, 11) is 1.78. The van der Waals surface area contributed by atoms with E-state index in [1.807, 2.05) is 50.6 Å². The summed E-state index contributed by atoms with van der Waals surface area (Å²) in [5, 5.41) is 11.1. The maximum Gasteiger partial charge on any atom is 0.407 e. The van der Waals surface area contributed by atoms with Crippen molar-refractivity contribution >= 4 is 12.1 Å². The smallest absolute Gasteiger partial charge is 0.407 e. The molecule has 0 spiro atoms. The first-order valence-electron chi connectivity index (χ1n) is 10.7. The molecule has 2 aromatic rings. The fourth-order valence-electron chi connectivity index (χ4n) is 3.80. The van der Waals surface area contributed by atoms with E-state index in [0.29, 0.717) is 13.1 Å². The van der Waals surface area contributed by atoms with E-state index in [-0.39, 0.29) is 12.1 Å². The van der Waals surface area contributed by atoms with Crippen LogP contribution >= 0.6 is 0 Å². The van der Waals surface area contributed by atoms with Crippen molar-refractivity contribution < 1.29 is 9.53 Å². The lowest BCUT2D eigenvalue weighted by atomic mass is 10.2. The summed E-state index contributed by atoms with van der Waals surface area (Å²) in [4.78, 5) is 18.7. The Hall–Kier alpha value is -3.03. The van der Waals surface area contributed by atoms with Gasteiger partial charge < -0.3 is 20.3 Å². The van der Waals surface area contributed by atoms with Gasteiger partial charge >= 0.3 is 6.09 Å². The Labute approximate surface area is 184 Å². The van der Waals surface area contributed by atoms with E-state index < -0.39 is 5.60 Å². The number of guanidine groups is 1. The Morgan fingerprint density at radius 3 is 2.61 bits per heavy atom. The molecule has 1 amide bonds. The third-order valence-corrected chi connectivity index (χ3v) is 5.29. The lowest BCUT2D eigenvalue weighted by Crippen LogP contribution is -2.44. The number of aliphatic imine (C=N–C) groups is 1. The average molecular weight is 427 g/mol. The minimum atomic E-state index is -0.500. The Balaban J connectivity index is 1.59. The highest BCUT2D eigenvalue weighted by atomic mass is 16.6. The molecule has 1 atom stereocenters. The van der Waals surface area contributed by atoms with Crippen molar-refractivity contribution in [2.45, 2.75) is 59.2 Å². The number of carbonyl (C=O) groups excluding carboxylic acids is 1. The monoisotopic (exact) mass is 426 g/mol. The highest BCUT2D eigenvalue weighted by Crippen LogP contribution is 2.18. The van der Waals surface area contributed by atoms with Crippen LogP contribution < -0.4 is 10.6 Å². The first-order valence-corrected chi connectivity index (χ1v) is 10.7.